The fraction of sp³-hybridized carbons (Fsp3) is 0.391. The van der Waals surface area contributed by atoms with Crippen molar-refractivity contribution in [1.29, 1.82) is 0 Å². The van der Waals surface area contributed by atoms with Crippen LogP contribution in [0.4, 0.5) is 0 Å². The summed E-state index contributed by atoms with van der Waals surface area (Å²) >= 11 is 0. The fourth-order valence-electron chi connectivity index (χ4n) is 4.52. The van der Waals surface area contributed by atoms with Crippen LogP contribution in [0.15, 0.2) is 47.0 Å². The molecular formula is C23H25N3O4. The van der Waals surface area contributed by atoms with Crippen molar-refractivity contribution < 1.29 is 18.8 Å². The van der Waals surface area contributed by atoms with Crippen LogP contribution in [0.1, 0.15) is 29.1 Å². The number of nitrogens with zero attached hydrogens (tertiary/aromatic N) is 3. The average Bonchev–Trinajstić information content (AvgIpc) is 3.46. The van der Waals surface area contributed by atoms with Crippen molar-refractivity contribution in [2.45, 2.75) is 25.5 Å². The van der Waals surface area contributed by atoms with E-state index in [1.807, 2.05) is 41.3 Å². The molecule has 1 aromatic heterocycles. The predicted octanol–water partition coefficient (Wildman–Crippen LogP) is 3.34. The second-order valence-corrected chi connectivity index (χ2v) is 7.86. The Bertz CT molecular complexity index is 1060. The monoisotopic (exact) mass is 407 g/mol. The number of carbonyl (C=O) groups excluding carboxylic acids is 1. The molecule has 2 aliphatic rings. The zero-order valence-electron chi connectivity index (χ0n) is 17.0. The Morgan fingerprint density at radius 1 is 1.13 bits per heavy atom. The molecule has 7 nitrogen and oxygen atoms in total. The number of hydrogen-bond acceptors (Lipinski definition) is 6. The highest BCUT2D eigenvalue weighted by Crippen LogP contribution is 2.33. The minimum absolute atomic E-state index is 0.0635. The molecule has 1 atom stereocenters. The number of carbonyl (C=O) groups is 1. The lowest BCUT2D eigenvalue weighted by molar-refractivity contribution is 0.0561. The van der Waals surface area contributed by atoms with Gasteiger partial charge in [0.1, 0.15) is 18.1 Å². The normalized spacial score (nSPS) is 19.1. The van der Waals surface area contributed by atoms with Crippen LogP contribution in [0.3, 0.4) is 0 Å². The first-order valence-electron chi connectivity index (χ1n) is 10.4. The summed E-state index contributed by atoms with van der Waals surface area (Å²) in [5, 5.41) is 5.94. The van der Waals surface area contributed by atoms with Crippen LogP contribution in [0.2, 0.25) is 0 Å². The van der Waals surface area contributed by atoms with E-state index in [0.717, 1.165) is 54.9 Å². The maximum atomic E-state index is 12.9. The van der Waals surface area contributed by atoms with Gasteiger partial charge in [0.25, 0.3) is 5.91 Å². The minimum atomic E-state index is -0.0635. The Labute approximate surface area is 175 Å². The summed E-state index contributed by atoms with van der Waals surface area (Å²) in [6.07, 6.45) is 2.38. The van der Waals surface area contributed by atoms with Gasteiger partial charge in [-0.25, -0.2) is 0 Å². The molecule has 5 rings (SSSR count). The van der Waals surface area contributed by atoms with E-state index in [2.05, 4.69) is 10.1 Å². The van der Waals surface area contributed by atoms with Gasteiger partial charge in [0.15, 0.2) is 11.5 Å². The smallest absolute Gasteiger partial charge is 0.276 e. The summed E-state index contributed by atoms with van der Waals surface area (Å²) in [4.78, 5) is 17.2. The predicted molar refractivity (Wildman–Crippen MR) is 112 cm³/mol. The molecule has 7 heteroatoms. The number of ether oxygens (including phenoxy) is 2. The number of fused-ring (bicyclic) bond motifs is 2. The standard InChI is InChI=1S/C23H25N3O4/c1-28-21-8-9-22(19-7-3-2-6-18(19)21)29-15-17-13-20(24-30-17)23(27)26-12-11-25-10-4-5-16(25)14-26/h2-3,6-9,13,16H,4-5,10-12,14-15H2,1H3/t16-/m1/s1. The van der Waals surface area contributed by atoms with E-state index < -0.39 is 0 Å². The lowest BCUT2D eigenvalue weighted by atomic mass is 10.1. The largest absolute Gasteiger partial charge is 0.496 e. The second-order valence-electron chi connectivity index (χ2n) is 7.86. The summed E-state index contributed by atoms with van der Waals surface area (Å²) < 4.78 is 16.8. The highest BCUT2D eigenvalue weighted by Gasteiger charge is 2.33. The molecule has 30 heavy (non-hydrogen) atoms. The number of methoxy groups -OCH3 is 1. The van der Waals surface area contributed by atoms with Crippen LogP contribution in [0.25, 0.3) is 10.8 Å². The van der Waals surface area contributed by atoms with Crippen LogP contribution < -0.4 is 9.47 Å². The first kappa shape index (κ1) is 18.9. The molecular weight excluding hydrogens is 382 g/mol. The molecule has 3 aromatic rings. The summed E-state index contributed by atoms with van der Waals surface area (Å²) in [6, 6.07) is 13.9. The molecule has 0 spiro atoms. The zero-order valence-corrected chi connectivity index (χ0v) is 17.0. The molecule has 1 amide bonds. The maximum Gasteiger partial charge on any atom is 0.276 e. The van der Waals surface area contributed by atoms with E-state index in [9.17, 15) is 4.79 Å². The van der Waals surface area contributed by atoms with E-state index in [1.54, 1.807) is 13.2 Å². The van der Waals surface area contributed by atoms with Gasteiger partial charge in [-0.1, -0.05) is 29.4 Å². The van der Waals surface area contributed by atoms with Gasteiger partial charge in [-0.2, -0.15) is 0 Å². The summed E-state index contributed by atoms with van der Waals surface area (Å²) in [7, 11) is 1.65. The lowest BCUT2D eigenvalue weighted by Crippen LogP contribution is -2.52. The molecule has 0 saturated carbocycles. The molecule has 156 valence electrons. The second kappa shape index (κ2) is 7.99. The van der Waals surface area contributed by atoms with E-state index in [0.29, 0.717) is 17.5 Å². The Kier molecular flexibility index (Phi) is 5.04. The van der Waals surface area contributed by atoms with Gasteiger partial charge in [0.2, 0.25) is 0 Å². The number of piperazine rings is 1. The number of aromatic nitrogens is 1. The van der Waals surface area contributed by atoms with Crippen molar-refractivity contribution in [2.24, 2.45) is 0 Å². The first-order valence-corrected chi connectivity index (χ1v) is 10.4. The molecule has 0 N–H and O–H groups in total. The van der Waals surface area contributed by atoms with Crippen molar-refractivity contribution in [2.75, 3.05) is 33.3 Å². The number of amides is 1. The number of benzene rings is 2. The maximum absolute atomic E-state index is 12.9. The summed E-state index contributed by atoms with van der Waals surface area (Å²) in [6.45, 7) is 3.81. The average molecular weight is 407 g/mol. The molecule has 3 heterocycles. The van der Waals surface area contributed by atoms with Crippen LogP contribution in [0, 0.1) is 0 Å². The molecule has 2 aromatic carbocycles. The highest BCUT2D eigenvalue weighted by molar-refractivity contribution is 5.93. The van der Waals surface area contributed by atoms with Crippen LogP contribution >= 0.6 is 0 Å². The Hall–Kier alpha value is -3.06. The topological polar surface area (TPSA) is 68.0 Å². The first-order chi connectivity index (χ1) is 14.7. The Morgan fingerprint density at radius 3 is 2.77 bits per heavy atom. The van der Waals surface area contributed by atoms with Gasteiger partial charge in [0, 0.05) is 42.5 Å². The zero-order chi connectivity index (χ0) is 20.5. The van der Waals surface area contributed by atoms with Crippen molar-refractivity contribution in [3.05, 3.63) is 53.9 Å². The summed E-state index contributed by atoms with van der Waals surface area (Å²) in [5.74, 6) is 1.99. The molecule has 0 radical (unpaired) electrons. The molecule has 2 aliphatic heterocycles. The van der Waals surface area contributed by atoms with E-state index >= 15 is 0 Å². The van der Waals surface area contributed by atoms with Gasteiger partial charge in [-0.05, 0) is 31.5 Å². The molecule has 0 unspecified atom stereocenters. The SMILES string of the molecule is COc1ccc(OCc2cc(C(=O)N3CCN4CCC[C@@H]4C3)no2)c2ccccc12. The van der Waals surface area contributed by atoms with E-state index in [-0.39, 0.29) is 12.5 Å². The van der Waals surface area contributed by atoms with E-state index in [1.165, 1.54) is 6.42 Å². The van der Waals surface area contributed by atoms with Gasteiger partial charge < -0.3 is 18.9 Å². The third kappa shape index (κ3) is 3.50. The fourth-order valence-corrected chi connectivity index (χ4v) is 4.52. The van der Waals surface area contributed by atoms with Crippen molar-refractivity contribution >= 4 is 16.7 Å². The van der Waals surface area contributed by atoms with Crippen LogP contribution in [-0.2, 0) is 6.61 Å². The number of hydrogen-bond donors (Lipinski definition) is 0. The minimum Gasteiger partial charge on any atom is -0.496 e. The van der Waals surface area contributed by atoms with Gasteiger partial charge in [-0.3, -0.25) is 9.69 Å². The molecule has 0 bridgehead atoms. The van der Waals surface area contributed by atoms with Crippen molar-refractivity contribution in [3.63, 3.8) is 0 Å². The molecule has 2 saturated heterocycles. The molecule has 0 aliphatic carbocycles. The number of rotatable bonds is 5. The lowest BCUT2D eigenvalue weighted by Gasteiger charge is -2.37. The van der Waals surface area contributed by atoms with Crippen molar-refractivity contribution in [1.82, 2.24) is 15.0 Å². The van der Waals surface area contributed by atoms with Crippen LogP contribution in [0.5, 0.6) is 11.5 Å². The Balaban J connectivity index is 1.27. The molecule has 2 fully saturated rings. The third-order valence-electron chi connectivity index (χ3n) is 6.09. The Morgan fingerprint density at radius 2 is 1.93 bits per heavy atom. The van der Waals surface area contributed by atoms with Gasteiger partial charge >= 0.3 is 0 Å². The third-order valence-corrected chi connectivity index (χ3v) is 6.09. The van der Waals surface area contributed by atoms with Gasteiger partial charge in [-0.15, -0.1) is 0 Å². The van der Waals surface area contributed by atoms with Gasteiger partial charge in [0.05, 0.1) is 7.11 Å². The summed E-state index contributed by atoms with van der Waals surface area (Å²) in [5.41, 5.74) is 0.347. The van der Waals surface area contributed by atoms with Crippen molar-refractivity contribution in [3.8, 4) is 11.5 Å². The van der Waals surface area contributed by atoms with Crippen LogP contribution in [-0.4, -0.2) is 60.2 Å². The van der Waals surface area contributed by atoms with E-state index in [4.69, 9.17) is 14.0 Å². The quantitative estimate of drug-likeness (QED) is 0.646. The highest BCUT2D eigenvalue weighted by atomic mass is 16.5.